The highest BCUT2D eigenvalue weighted by atomic mass is 16.7. The van der Waals surface area contributed by atoms with Gasteiger partial charge in [-0.25, -0.2) is 0 Å². The number of aliphatic hydroxyl groups is 9. The Morgan fingerprint density at radius 1 is 0.826 bits per heavy atom. The van der Waals surface area contributed by atoms with Crippen LogP contribution in [0.25, 0.3) is 0 Å². The van der Waals surface area contributed by atoms with E-state index in [0.717, 1.165) is 0 Å². The van der Waals surface area contributed by atoms with Crippen molar-refractivity contribution >= 4 is 0 Å². The Morgan fingerprint density at radius 3 is 1.87 bits per heavy atom. The molecule has 1 heterocycles. The molecule has 4 unspecified atom stereocenters. The van der Waals surface area contributed by atoms with E-state index in [0.29, 0.717) is 0 Å². The number of hydrogen-bond donors (Lipinski definition) is 9. The lowest BCUT2D eigenvalue weighted by atomic mass is 9.98. The molecule has 0 aliphatic carbocycles. The first-order valence-electron chi connectivity index (χ1n) is 7.00. The van der Waals surface area contributed by atoms with Crippen molar-refractivity contribution in [2.75, 3.05) is 19.8 Å². The van der Waals surface area contributed by atoms with E-state index in [4.69, 9.17) is 24.8 Å². The van der Waals surface area contributed by atoms with Crippen LogP contribution in [0.3, 0.4) is 0 Å². The summed E-state index contributed by atoms with van der Waals surface area (Å²) >= 11 is 0. The second-order valence-corrected chi connectivity index (χ2v) is 5.29. The quantitative estimate of drug-likeness (QED) is 0.203. The smallest absolute Gasteiger partial charge is 0.187 e. The summed E-state index contributed by atoms with van der Waals surface area (Å²) in [6.45, 7) is -2.45. The lowest BCUT2D eigenvalue weighted by Gasteiger charge is -2.42. The summed E-state index contributed by atoms with van der Waals surface area (Å²) in [6, 6.07) is 0. The van der Waals surface area contributed by atoms with Gasteiger partial charge in [-0.15, -0.1) is 0 Å². The van der Waals surface area contributed by atoms with Gasteiger partial charge in [-0.3, -0.25) is 0 Å². The number of hydrogen-bond acceptors (Lipinski definition) is 11. The molecule has 0 spiro atoms. The van der Waals surface area contributed by atoms with Gasteiger partial charge in [-0.05, 0) is 0 Å². The van der Waals surface area contributed by atoms with Crippen LogP contribution < -0.4 is 0 Å². The van der Waals surface area contributed by atoms with Crippen LogP contribution >= 0.6 is 0 Å². The molecule has 11 heteroatoms. The Balaban J connectivity index is 2.89. The van der Waals surface area contributed by atoms with Crippen molar-refractivity contribution in [3.63, 3.8) is 0 Å². The summed E-state index contributed by atoms with van der Waals surface area (Å²) in [7, 11) is 0. The summed E-state index contributed by atoms with van der Waals surface area (Å²) in [5.41, 5.74) is 0. The van der Waals surface area contributed by atoms with Crippen LogP contribution in [0.15, 0.2) is 0 Å². The summed E-state index contributed by atoms with van der Waals surface area (Å²) < 4.78 is 10.1. The van der Waals surface area contributed by atoms with Crippen LogP contribution in [-0.2, 0) is 9.47 Å². The zero-order chi connectivity index (χ0) is 17.7. The summed E-state index contributed by atoms with van der Waals surface area (Å²) in [6.07, 6.45) is -15.1. The van der Waals surface area contributed by atoms with Gasteiger partial charge < -0.3 is 55.4 Å². The van der Waals surface area contributed by atoms with E-state index in [1.807, 2.05) is 0 Å². The van der Waals surface area contributed by atoms with Crippen LogP contribution in [-0.4, -0.2) is 121 Å². The monoisotopic (exact) mass is 344 g/mol. The Hall–Kier alpha value is -0.440. The highest BCUT2D eigenvalue weighted by Gasteiger charge is 2.46. The highest BCUT2D eigenvalue weighted by Crippen LogP contribution is 2.24. The van der Waals surface area contributed by atoms with Crippen LogP contribution in [0, 0.1) is 0 Å². The molecule has 138 valence electrons. The van der Waals surface area contributed by atoms with E-state index >= 15 is 0 Å². The molecule has 0 bridgehead atoms. The molecule has 0 aromatic carbocycles. The first-order valence-corrected chi connectivity index (χ1v) is 7.00. The topological polar surface area (TPSA) is 201 Å². The molecule has 1 fully saturated rings. The van der Waals surface area contributed by atoms with Gasteiger partial charge in [-0.2, -0.15) is 0 Å². The van der Waals surface area contributed by atoms with Gasteiger partial charge in [0.1, 0.15) is 48.8 Å². The number of rotatable bonds is 8. The van der Waals surface area contributed by atoms with E-state index in [2.05, 4.69) is 0 Å². The SMILES string of the molecule is OCC(O)C(O)C(O[C@@H]1O[C@H](CO)[C@H](O)[C@H](O)[C@@H]1O)C(O)CO. The predicted molar refractivity (Wildman–Crippen MR) is 70.8 cm³/mol. The zero-order valence-electron chi connectivity index (χ0n) is 12.2. The molecule has 9 atom stereocenters. The Morgan fingerprint density at radius 2 is 1.39 bits per heavy atom. The van der Waals surface area contributed by atoms with Crippen LogP contribution in [0.5, 0.6) is 0 Å². The molecule has 23 heavy (non-hydrogen) atoms. The largest absolute Gasteiger partial charge is 0.394 e. The number of ether oxygens (including phenoxy) is 2. The van der Waals surface area contributed by atoms with Crippen molar-refractivity contribution in [3.05, 3.63) is 0 Å². The van der Waals surface area contributed by atoms with Gasteiger partial charge in [0.2, 0.25) is 0 Å². The second kappa shape index (κ2) is 9.15. The third-order valence-corrected chi connectivity index (χ3v) is 3.62. The average Bonchev–Trinajstić information content (AvgIpc) is 2.57. The minimum Gasteiger partial charge on any atom is -0.394 e. The van der Waals surface area contributed by atoms with Crippen LogP contribution in [0.4, 0.5) is 0 Å². The normalized spacial score (nSPS) is 37.2. The number of aliphatic hydroxyl groups excluding tert-OH is 9. The lowest BCUT2D eigenvalue weighted by molar-refractivity contribution is -0.327. The third-order valence-electron chi connectivity index (χ3n) is 3.62. The standard InChI is InChI=1S/C12H24O11/c13-1-4(16)7(18)11(5(17)2-14)23-12-10(21)9(20)8(19)6(3-15)22-12/h4-21H,1-3H2/t4?,5?,6-,7?,8+,9+,10+,11?,12+/m1/s1. The van der Waals surface area contributed by atoms with E-state index < -0.39 is 74.9 Å². The molecule has 1 rings (SSSR count). The van der Waals surface area contributed by atoms with Crippen molar-refractivity contribution in [1.82, 2.24) is 0 Å². The molecule has 0 saturated carbocycles. The molecule has 0 aromatic rings. The minimum atomic E-state index is -1.85. The molecule has 0 amide bonds. The van der Waals surface area contributed by atoms with Gasteiger partial charge in [0.15, 0.2) is 6.29 Å². The fraction of sp³-hybridized carbons (Fsp3) is 1.00. The molecular formula is C12H24O11. The van der Waals surface area contributed by atoms with E-state index in [-0.39, 0.29) is 0 Å². The Kier molecular flexibility index (Phi) is 8.20. The third kappa shape index (κ3) is 4.78. The van der Waals surface area contributed by atoms with Crippen molar-refractivity contribution < 1.29 is 55.4 Å². The molecule has 11 nitrogen and oxygen atoms in total. The van der Waals surface area contributed by atoms with Crippen molar-refractivity contribution in [2.45, 2.75) is 55.1 Å². The maximum atomic E-state index is 9.83. The zero-order valence-corrected chi connectivity index (χ0v) is 12.2. The predicted octanol–water partition coefficient (Wildman–Crippen LogP) is -5.76. The first kappa shape index (κ1) is 20.6. The van der Waals surface area contributed by atoms with Gasteiger partial charge in [-0.1, -0.05) is 0 Å². The van der Waals surface area contributed by atoms with Gasteiger partial charge in [0, 0.05) is 0 Å². The summed E-state index contributed by atoms with van der Waals surface area (Å²) in [5.74, 6) is 0. The maximum absolute atomic E-state index is 9.83. The molecule has 1 saturated heterocycles. The maximum Gasteiger partial charge on any atom is 0.187 e. The van der Waals surface area contributed by atoms with E-state index in [1.165, 1.54) is 0 Å². The molecular weight excluding hydrogens is 320 g/mol. The second-order valence-electron chi connectivity index (χ2n) is 5.29. The van der Waals surface area contributed by atoms with Gasteiger partial charge in [0.25, 0.3) is 0 Å². The lowest BCUT2D eigenvalue weighted by Crippen LogP contribution is -2.61. The Bertz CT molecular complexity index is 341. The fourth-order valence-corrected chi connectivity index (χ4v) is 2.16. The molecule has 0 aromatic heterocycles. The van der Waals surface area contributed by atoms with Crippen LogP contribution in [0.2, 0.25) is 0 Å². The van der Waals surface area contributed by atoms with Crippen molar-refractivity contribution in [2.24, 2.45) is 0 Å². The highest BCUT2D eigenvalue weighted by molar-refractivity contribution is 4.91. The molecule has 9 N–H and O–H groups in total. The molecule has 1 aliphatic heterocycles. The van der Waals surface area contributed by atoms with Crippen LogP contribution in [0.1, 0.15) is 0 Å². The first-order chi connectivity index (χ1) is 10.8. The molecule has 0 radical (unpaired) electrons. The summed E-state index contributed by atoms with van der Waals surface area (Å²) in [5, 5.41) is 84.9. The van der Waals surface area contributed by atoms with E-state index in [1.54, 1.807) is 0 Å². The fourth-order valence-electron chi connectivity index (χ4n) is 2.16. The van der Waals surface area contributed by atoms with Crippen molar-refractivity contribution in [1.29, 1.82) is 0 Å². The average molecular weight is 344 g/mol. The van der Waals surface area contributed by atoms with Gasteiger partial charge in [0.05, 0.1) is 19.8 Å². The molecule has 1 aliphatic rings. The van der Waals surface area contributed by atoms with E-state index in [9.17, 15) is 30.6 Å². The summed E-state index contributed by atoms with van der Waals surface area (Å²) in [4.78, 5) is 0. The minimum absolute atomic E-state index is 0.708. The van der Waals surface area contributed by atoms with Gasteiger partial charge >= 0.3 is 0 Å². The van der Waals surface area contributed by atoms with Crippen molar-refractivity contribution in [3.8, 4) is 0 Å². The Labute approximate surface area is 131 Å².